The molecule has 6 rings (SSSR count). The summed E-state index contributed by atoms with van der Waals surface area (Å²) in [7, 11) is 0. The molecule has 0 amide bonds. The van der Waals surface area contributed by atoms with Gasteiger partial charge in [0.25, 0.3) is 0 Å². The van der Waals surface area contributed by atoms with Gasteiger partial charge in [-0.3, -0.25) is 4.79 Å². The number of pyridine rings is 1. The van der Waals surface area contributed by atoms with Gasteiger partial charge in [0, 0.05) is 49.6 Å². The summed E-state index contributed by atoms with van der Waals surface area (Å²) in [5.41, 5.74) is 4.14. The number of aliphatic hydroxyl groups excluding tert-OH is 1. The van der Waals surface area contributed by atoms with E-state index in [1.807, 2.05) is 31.2 Å². The third-order valence-electron chi connectivity index (χ3n) is 8.47. The van der Waals surface area contributed by atoms with E-state index in [2.05, 4.69) is 30.1 Å². The largest absolute Gasteiger partial charge is 0.512 e. The van der Waals surface area contributed by atoms with E-state index in [9.17, 15) is 14.3 Å². The molecular formula is C36H39FIrNO2-. The number of halogens is 1. The van der Waals surface area contributed by atoms with E-state index in [1.54, 1.807) is 18.3 Å². The Morgan fingerprint density at radius 2 is 1.49 bits per heavy atom. The zero-order valence-corrected chi connectivity index (χ0v) is 26.4. The number of nitrogens with zero attached hydrogens (tertiary/aromatic N) is 1. The van der Waals surface area contributed by atoms with Crippen molar-refractivity contribution in [3.8, 4) is 11.3 Å². The number of hydrogen-bond acceptors (Lipinski definition) is 3. The van der Waals surface area contributed by atoms with Crippen molar-refractivity contribution in [2.45, 2.75) is 78.1 Å². The smallest absolute Gasteiger partial charge is 0.162 e. The normalized spacial score (nSPS) is 16.6. The third kappa shape index (κ3) is 7.50. The van der Waals surface area contributed by atoms with Crippen LogP contribution in [0.4, 0.5) is 4.39 Å². The Morgan fingerprint density at radius 1 is 0.854 bits per heavy atom. The maximum Gasteiger partial charge on any atom is 0.162 e. The summed E-state index contributed by atoms with van der Waals surface area (Å²) in [6.07, 6.45) is 14.8. The Kier molecular flexibility index (Phi) is 10.9. The fourth-order valence-corrected chi connectivity index (χ4v) is 6.39. The molecular weight excluding hydrogens is 690 g/mol. The molecule has 5 heteroatoms. The molecule has 2 aliphatic carbocycles. The Morgan fingerprint density at radius 3 is 2.17 bits per heavy atom. The zero-order chi connectivity index (χ0) is 28.1. The Labute approximate surface area is 256 Å². The van der Waals surface area contributed by atoms with E-state index >= 15 is 0 Å². The maximum absolute atomic E-state index is 14.0. The number of carbonyl (C=O) groups excluding carboxylic acids is 1. The summed E-state index contributed by atoms with van der Waals surface area (Å²) in [5.74, 6) is 0.791. The van der Waals surface area contributed by atoms with Crippen LogP contribution in [0.15, 0.2) is 66.6 Å². The van der Waals surface area contributed by atoms with Gasteiger partial charge in [0.05, 0.1) is 5.76 Å². The molecule has 217 valence electrons. The van der Waals surface area contributed by atoms with E-state index in [0.29, 0.717) is 11.1 Å². The van der Waals surface area contributed by atoms with Crippen LogP contribution in [-0.2, 0) is 24.9 Å². The van der Waals surface area contributed by atoms with Gasteiger partial charge in [-0.05, 0) is 59.7 Å². The monoisotopic (exact) mass is 729 g/mol. The molecule has 1 N–H and O–H groups in total. The van der Waals surface area contributed by atoms with Crippen LogP contribution in [-0.4, -0.2) is 15.9 Å². The first-order valence-electron chi connectivity index (χ1n) is 14.8. The van der Waals surface area contributed by atoms with Crippen LogP contribution in [0.25, 0.3) is 32.8 Å². The van der Waals surface area contributed by atoms with Crippen molar-refractivity contribution < 1.29 is 34.4 Å². The standard InChI is InChI=1S/C21H15FN.C15H24O2.Ir/c1-13-10-14(2)12-15(11-13)21-19-7-6-18-16(4-3-5-20(18)22)17(19)8-9-23-21;16-14(12-7-3-1-4-8-12)11-15(17)13-9-5-2-6-10-13;/h3-11H,1-2H3;11-13,16H,1-10H2;/q-1;;/b;14-11-;. The molecule has 4 aromatic rings. The Hall–Kier alpha value is -2.88. The summed E-state index contributed by atoms with van der Waals surface area (Å²) < 4.78 is 14.0. The summed E-state index contributed by atoms with van der Waals surface area (Å²) in [4.78, 5) is 16.6. The van der Waals surface area contributed by atoms with E-state index in [0.717, 1.165) is 58.7 Å². The van der Waals surface area contributed by atoms with E-state index < -0.39 is 0 Å². The van der Waals surface area contributed by atoms with E-state index in [-0.39, 0.29) is 43.5 Å². The Balaban J connectivity index is 0.000000193. The molecule has 2 fully saturated rings. The average Bonchev–Trinajstić information content (AvgIpc) is 2.97. The second kappa shape index (κ2) is 14.3. The van der Waals surface area contributed by atoms with Gasteiger partial charge in [0.1, 0.15) is 5.82 Å². The van der Waals surface area contributed by atoms with Gasteiger partial charge in [-0.15, -0.1) is 34.9 Å². The molecule has 1 radical (unpaired) electrons. The maximum atomic E-state index is 14.0. The minimum absolute atomic E-state index is 0. The summed E-state index contributed by atoms with van der Waals surface area (Å²) >= 11 is 0. The first kappa shape index (κ1) is 31.1. The van der Waals surface area contributed by atoms with Crippen LogP contribution >= 0.6 is 0 Å². The molecule has 1 heterocycles. The number of fused-ring (bicyclic) bond motifs is 3. The van der Waals surface area contributed by atoms with Gasteiger partial charge in [-0.2, -0.15) is 0 Å². The molecule has 41 heavy (non-hydrogen) atoms. The molecule has 3 nitrogen and oxygen atoms in total. The molecule has 0 atom stereocenters. The molecule has 0 spiro atoms. The van der Waals surface area contributed by atoms with E-state index in [1.165, 1.54) is 50.2 Å². The molecule has 0 unspecified atom stereocenters. The quantitative estimate of drug-likeness (QED) is 0.0986. The molecule has 2 aliphatic rings. The van der Waals surface area contributed by atoms with Crippen LogP contribution in [0, 0.1) is 37.6 Å². The topological polar surface area (TPSA) is 50.2 Å². The van der Waals surface area contributed by atoms with Gasteiger partial charge in [0.2, 0.25) is 0 Å². The van der Waals surface area contributed by atoms with Gasteiger partial charge in [-0.1, -0.05) is 76.6 Å². The molecule has 0 aliphatic heterocycles. The van der Waals surface area contributed by atoms with Gasteiger partial charge in [-0.25, -0.2) is 4.39 Å². The number of aliphatic hydroxyl groups is 1. The fraction of sp³-hybridized carbons (Fsp3) is 0.389. The first-order valence-corrected chi connectivity index (χ1v) is 14.8. The average molecular weight is 729 g/mol. The molecule has 2 saturated carbocycles. The van der Waals surface area contributed by atoms with Crippen molar-refractivity contribution in [2.24, 2.45) is 11.8 Å². The number of benzene rings is 3. The second-order valence-corrected chi connectivity index (χ2v) is 11.6. The number of aromatic nitrogens is 1. The molecule has 0 saturated heterocycles. The van der Waals surface area contributed by atoms with Gasteiger partial charge >= 0.3 is 0 Å². The molecule has 3 aromatic carbocycles. The number of aryl methyl sites for hydroxylation is 2. The molecule has 1 aromatic heterocycles. The van der Waals surface area contributed by atoms with Crippen molar-refractivity contribution in [3.63, 3.8) is 0 Å². The minimum Gasteiger partial charge on any atom is -0.512 e. The summed E-state index contributed by atoms with van der Waals surface area (Å²) in [6, 6.07) is 18.5. The van der Waals surface area contributed by atoms with Crippen molar-refractivity contribution in [3.05, 3.63) is 89.6 Å². The Bertz CT molecular complexity index is 1510. The number of rotatable bonds is 4. The van der Waals surface area contributed by atoms with Gasteiger partial charge in [0.15, 0.2) is 5.78 Å². The zero-order valence-electron chi connectivity index (χ0n) is 24.0. The van der Waals surface area contributed by atoms with Crippen LogP contribution in [0.5, 0.6) is 0 Å². The fourth-order valence-electron chi connectivity index (χ4n) is 6.39. The number of ketones is 1. The number of allylic oxidation sites excluding steroid dienone is 2. The van der Waals surface area contributed by atoms with Crippen LogP contribution in [0.2, 0.25) is 0 Å². The molecule has 0 bridgehead atoms. The van der Waals surface area contributed by atoms with E-state index in [4.69, 9.17) is 0 Å². The van der Waals surface area contributed by atoms with Gasteiger partial charge < -0.3 is 10.1 Å². The summed E-state index contributed by atoms with van der Waals surface area (Å²) in [6.45, 7) is 4.10. The minimum atomic E-state index is -0.194. The first-order chi connectivity index (χ1) is 19.4. The van der Waals surface area contributed by atoms with Crippen LogP contribution in [0.3, 0.4) is 0 Å². The predicted octanol–water partition coefficient (Wildman–Crippen LogP) is 9.77. The number of carbonyl (C=O) groups is 1. The second-order valence-electron chi connectivity index (χ2n) is 11.6. The summed E-state index contributed by atoms with van der Waals surface area (Å²) in [5, 5.41) is 13.6. The van der Waals surface area contributed by atoms with Crippen molar-refractivity contribution in [1.29, 1.82) is 0 Å². The SMILES string of the molecule is Cc1[c-]c(-c2nccc3c2ccc2c(F)cccc23)cc(C)c1.O=C(/C=C(\O)C1CCCCC1)C1CCCCC1.[Ir]. The van der Waals surface area contributed by atoms with Crippen molar-refractivity contribution in [1.82, 2.24) is 4.98 Å². The van der Waals surface area contributed by atoms with Crippen molar-refractivity contribution in [2.75, 3.05) is 0 Å². The van der Waals surface area contributed by atoms with Crippen LogP contribution < -0.4 is 0 Å². The predicted molar refractivity (Wildman–Crippen MR) is 162 cm³/mol. The third-order valence-corrected chi connectivity index (χ3v) is 8.47. The van der Waals surface area contributed by atoms with Crippen molar-refractivity contribution >= 4 is 27.3 Å². The number of hydrogen-bond donors (Lipinski definition) is 1. The van der Waals surface area contributed by atoms with Crippen LogP contribution in [0.1, 0.15) is 75.3 Å².